The number of rotatable bonds is 10. The predicted octanol–water partition coefficient (Wildman–Crippen LogP) is 3.01. The van der Waals surface area contributed by atoms with Crippen LogP contribution >= 0.6 is 11.3 Å². The average Bonchev–Trinajstić information content (AvgIpc) is 3.16. The largest absolute Gasteiger partial charge is 0.494 e. The summed E-state index contributed by atoms with van der Waals surface area (Å²) in [4.78, 5) is 29.9. The zero-order valence-electron chi connectivity index (χ0n) is 19.5. The summed E-state index contributed by atoms with van der Waals surface area (Å²) in [6, 6.07) is 12.8. The van der Waals surface area contributed by atoms with Gasteiger partial charge in [0.1, 0.15) is 18.1 Å². The second-order valence-corrected chi connectivity index (χ2v) is 8.66. The molecule has 0 saturated carbocycles. The number of fused-ring (bicyclic) bond motifs is 1. The third kappa shape index (κ3) is 5.58. The van der Waals surface area contributed by atoms with E-state index in [-0.39, 0.29) is 22.6 Å². The van der Waals surface area contributed by atoms with Crippen LogP contribution in [0.25, 0.3) is 11.0 Å². The topological polar surface area (TPSA) is 92.0 Å². The number of ether oxygens (including phenoxy) is 3. The number of nitrogens with zero attached hydrogens (tertiary/aromatic N) is 3. The highest BCUT2D eigenvalue weighted by atomic mass is 32.1. The average molecular weight is 492 g/mol. The lowest BCUT2D eigenvalue weighted by atomic mass is 10.1. The molecule has 0 fully saturated rings. The van der Waals surface area contributed by atoms with Gasteiger partial charge in [-0.2, -0.15) is 14.6 Å². The third-order valence-corrected chi connectivity index (χ3v) is 6.02. The summed E-state index contributed by atoms with van der Waals surface area (Å²) in [5.41, 5.74) is 1.03. The van der Waals surface area contributed by atoms with Gasteiger partial charge in [0.25, 0.3) is 11.1 Å². The van der Waals surface area contributed by atoms with Gasteiger partial charge in [0.15, 0.2) is 11.5 Å². The molecule has 0 radical (unpaired) electrons. The maximum Gasteiger partial charge on any atom is 0.296 e. The van der Waals surface area contributed by atoms with Crippen molar-refractivity contribution < 1.29 is 14.2 Å². The molecule has 8 nitrogen and oxygen atoms in total. The first-order chi connectivity index (χ1) is 17.0. The number of methoxy groups -OCH3 is 1. The van der Waals surface area contributed by atoms with E-state index in [1.807, 2.05) is 37.3 Å². The fourth-order valence-corrected chi connectivity index (χ4v) is 4.27. The van der Waals surface area contributed by atoms with E-state index in [4.69, 9.17) is 14.2 Å². The zero-order chi connectivity index (χ0) is 24.8. The van der Waals surface area contributed by atoms with Gasteiger partial charge in [-0.05, 0) is 47.9 Å². The minimum Gasteiger partial charge on any atom is -0.494 e. The zero-order valence-corrected chi connectivity index (χ0v) is 20.3. The molecule has 0 bridgehead atoms. The Morgan fingerprint density at radius 1 is 1.09 bits per heavy atom. The fourth-order valence-electron chi connectivity index (χ4n) is 3.36. The molecule has 0 N–H and O–H groups in total. The van der Waals surface area contributed by atoms with Crippen LogP contribution in [0.1, 0.15) is 30.2 Å². The molecule has 4 aromatic rings. The second kappa shape index (κ2) is 11.0. The molecular formula is C26H25N3O5S. The maximum atomic E-state index is 13.0. The molecule has 0 aliphatic heterocycles. The van der Waals surface area contributed by atoms with Crippen molar-refractivity contribution in [1.82, 2.24) is 14.6 Å². The molecule has 0 atom stereocenters. The normalized spacial score (nSPS) is 11.5. The van der Waals surface area contributed by atoms with Crippen LogP contribution in [-0.2, 0) is 6.42 Å². The predicted molar refractivity (Wildman–Crippen MR) is 136 cm³/mol. The molecule has 0 spiro atoms. The van der Waals surface area contributed by atoms with Crippen LogP contribution in [0.4, 0.5) is 0 Å². The molecule has 2 aromatic heterocycles. The van der Waals surface area contributed by atoms with Gasteiger partial charge in [-0.3, -0.25) is 9.59 Å². The Kier molecular flexibility index (Phi) is 7.57. The minimum absolute atomic E-state index is 0.205. The summed E-state index contributed by atoms with van der Waals surface area (Å²) in [5.74, 6) is 1.88. The van der Waals surface area contributed by atoms with E-state index in [9.17, 15) is 9.59 Å². The molecule has 9 heteroatoms. The van der Waals surface area contributed by atoms with E-state index in [1.165, 1.54) is 4.52 Å². The van der Waals surface area contributed by atoms with Gasteiger partial charge < -0.3 is 14.2 Å². The van der Waals surface area contributed by atoms with Crippen LogP contribution < -0.4 is 29.9 Å². The van der Waals surface area contributed by atoms with Crippen molar-refractivity contribution in [2.24, 2.45) is 0 Å². The highest BCUT2D eigenvalue weighted by Crippen LogP contribution is 2.28. The van der Waals surface area contributed by atoms with Crippen molar-refractivity contribution in [3.05, 3.63) is 97.2 Å². The van der Waals surface area contributed by atoms with Crippen molar-refractivity contribution in [2.75, 3.05) is 20.3 Å². The van der Waals surface area contributed by atoms with Crippen molar-refractivity contribution in [3.8, 4) is 17.2 Å². The van der Waals surface area contributed by atoms with E-state index >= 15 is 0 Å². The SMILES string of the molecule is C=CCOc1ccc(/C=c2\sc3nc(=O)c(Cc4ccc(OCCC)cc4)nn3c2=O)cc1OC. The van der Waals surface area contributed by atoms with Gasteiger partial charge in [0.2, 0.25) is 4.96 Å². The number of benzene rings is 2. The summed E-state index contributed by atoms with van der Waals surface area (Å²) in [5, 5.41) is 4.32. The lowest BCUT2D eigenvalue weighted by Gasteiger charge is -2.09. The Labute approximate surface area is 205 Å². The molecule has 0 aliphatic carbocycles. The summed E-state index contributed by atoms with van der Waals surface area (Å²) in [6.45, 7) is 6.68. The smallest absolute Gasteiger partial charge is 0.296 e. The van der Waals surface area contributed by atoms with E-state index in [2.05, 4.69) is 16.7 Å². The van der Waals surface area contributed by atoms with E-state index in [0.717, 1.165) is 34.6 Å². The first kappa shape index (κ1) is 24.2. The highest BCUT2D eigenvalue weighted by molar-refractivity contribution is 7.15. The van der Waals surface area contributed by atoms with Crippen LogP contribution in [0.15, 0.2) is 64.7 Å². The molecule has 35 heavy (non-hydrogen) atoms. The summed E-state index contributed by atoms with van der Waals surface area (Å²) < 4.78 is 18.1. The van der Waals surface area contributed by atoms with Crippen molar-refractivity contribution in [2.45, 2.75) is 19.8 Å². The summed E-state index contributed by atoms with van der Waals surface area (Å²) >= 11 is 1.11. The van der Waals surface area contributed by atoms with Crippen molar-refractivity contribution in [1.29, 1.82) is 0 Å². The summed E-state index contributed by atoms with van der Waals surface area (Å²) in [7, 11) is 1.55. The van der Waals surface area contributed by atoms with E-state index in [1.54, 1.807) is 31.4 Å². The second-order valence-electron chi connectivity index (χ2n) is 7.65. The molecule has 0 amide bonds. The third-order valence-electron chi connectivity index (χ3n) is 5.06. The Hall–Kier alpha value is -3.98. The number of hydrogen-bond donors (Lipinski definition) is 0. The Balaban J connectivity index is 1.64. The standard InChI is InChI=1S/C26H25N3O5S/c1-4-12-33-19-9-6-17(7-10-19)14-20-24(30)27-26-29(28-20)25(31)23(35-26)16-18-8-11-21(34-13-5-2)22(15-18)32-3/h5-11,15-16H,2,4,12-14H2,1,3H3/b23-16-. The maximum absolute atomic E-state index is 13.0. The molecule has 2 heterocycles. The molecular weight excluding hydrogens is 466 g/mol. The van der Waals surface area contributed by atoms with Crippen LogP contribution in [-0.4, -0.2) is 34.9 Å². The lowest BCUT2D eigenvalue weighted by Crippen LogP contribution is -2.28. The molecule has 0 saturated heterocycles. The molecule has 0 aliphatic rings. The monoisotopic (exact) mass is 491 g/mol. The van der Waals surface area contributed by atoms with Gasteiger partial charge in [-0.25, -0.2) is 0 Å². The Morgan fingerprint density at radius 3 is 2.60 bits per heavy atom. The molecule has 2 aromatic carbocycles. The quantitative estimate of drug-likeness (QED) is 0.315. The Morgan fingerprint density at radius 2 is 1.89 bits per heavy atom. The highest BCUT2D eigenvalue weighted by Gasteiger charge is 2.12. The van der Waals surface area contributed by atoms with Crippen LogP contribution in [0.2, 0.25) is 0 Å². The van der Waals surface area contributed by atoms with Crippen molar-refractivity contribution >= 4 is 22.4 Å². The van der Waals surface area contributed by atoms with Gasteiger partial charge in [0.05, 0.1) is 18.2 Å². The molecule has 0 unspecified atom stereocenters. The molecule has 4 rings (SSSR count). The lowest BCUT2D eigenvalue weighted by molar-refractivity contribution is 0.317. The number of aromatic nitrogens is 3. The fraction of sp³-hybridized carbons (Fsp3) is 0.231. The Bertz CT molecular complexity index is 1510. The molecule has 180 valence electrons. The van der Waals surface area contributed by atoms with Crippen LogP contribution in [0, 0.1) is 0 Å². The van der Waals surface area contributed by atoms with Gasteiger partial charge in [-0.15, -0.1) is 0 Å². The number of hydrogen-bond acceptors (Lipinski definition) is 8. The van der Waals surface area contributed by atoms with E-state index < -0.39 is 5.56 Å². The van der Waals surface area contributed by atoms with Crippen LogP contribution in [0.5, 0.6) is 17.2 Å². The van der Waals surface area contributed by atoms with Gasteiger partial charge >= 0.3 is 0 Å². The number of thiazole rings is 1. The van der Waals surface area contributed by atoms with E-state index in [0.29, 0.717) is 29.2 Å². The first-order valence-corrected chi connectivity index (χ1v) is 11.9. The first-order valence-electron chi connectivity index (χ1n) is 11.1. The summed E-state index contributed by atoms with van der Waals surface area (Å²) in [6.07, 6.45) is 4.55. The van der Waals surface area contributed by atoms with Crippen molar-refractivity contribution in [3.63, 3.8) is 0 Å². The van der Waals surface area contributed by atoms with Gasteiger partial charge in [0, 0.05) is 6.42 Å². The van der Waals surface area contributed by atoms with Crippen LogP contribution in [0.3, 0.4) is 0 Å². The minimum atomic E-state index is -0.450. The van der Waals surface area contributed by atoms with Gasteiger partial charge in [-0.1, -0.05) is 49.1 Å².